The lowest BCUT2D eigenvalue weighted by atomic mass is 9.93. The van der Waals surface area contributed by atoms with Gasteiger partial charge in [-0.2, -0.15) is 0 Å². The lowest BCUT2D eigenvalue weighted by Crippen LogP contribution is -2.27. The second-order valence-corrected chi connectivity index (χ2v) is 4.42. The topological polar surface area (TPSA) is 68.1 Å². The number of hydrogen-bond acceptors (Lipinski definition) is 4. The Morgan fingerprint density at radius 3 is 2.69 bits per heavy atom. The van der Waals surface area contributed by atoms with Gasteiger partial charge in [-0.1, -0.05) is 23.2 Å². The molecular formula is C9H9Cl2N3O2. The fourth-order valence-electron chi connectivity index (χ4n) is 1.45. The van der Waals surface area contributed by atoms with Crippen LogP contribution in [0, 0.1) is 10.1 Å². The van der Waals surface area contributed by atoms with Gasteiger partial charge >= 0.3 is 5.69 Å². The summed E-state index contributed by atoms with van der Waals surface area (Å²) in [6, 6.07) is 1.47. The molecule has 5 nitrogen and oxygen atoms in total. The summed E-state index contributed by atoms with van der Waals surface area (Å²) in [5.74, 6) is 0.198. The molecule has 0 bridgehead atoms. The van der Waals surface area contributed by atoms with Gasteiger partial charge < -0.3 is 5.32 Å². The normalized spacial score (nSPS) is 15.6. The van der Waals surface area contributed by atoms with Crippen LogP contribution in [0.4, 0.5) is 11.5 Å². The van der Waals surface area contributed by atoms with Crippen LogP contribution in [-0.2, 0) is 0 Å². The van der Waals surface area contributed by atoms with Crippen LogP contribution in [0.25, 0.3) is 0 Å². The Hall–Kier alpha value is -1.07. The van der Waals surface area contributed by atoms with E-state index in [2.05, 4.69) is 10.3 Å². The number of nitro groups is 1. The third kappa shape index (κ3) is 2.20. The van der Waals surface area contributed by atoms with E-state index in [9.17, 15) is 10.1 Å². The maximum Gasteiger partial charge on any atom is 0.312 e. The summed E-state index contributed by atoms with van der Waals surface area (Å²) in [5.41, 5.74) is -0.138. The average Bonchev–Trinajstić information content (AvgIpc) is 2.16. The Labute approximate surface area is 102 Å². The SMILES string of the molecule is O=[N+]([O-])c1cc(Cl)c(Cl)nc1NC1CCC1. The molecule has 0 aromatic carbocycles. The van der Waals surface area contributed by atoms with E-state index in [1.807, 2.05) is 0 Å². The van der Waals surface area contributed by atoms with Crippen molar-refractivity contribution in [1.82, 2.24) is 4.98 Å². The van der Waals surface area contributed by atoms with E-state index in [1.54, 1.807) is 0 Å². The molecule has 0 unspecified atom stereocenters. The summed E-state index contributed by atoms with van der Waals surface area (Å²) >= 11 is 11.4. The lowest BCUT2D eigenvalue weighted by molar-refractivity contribution is -0.384. The van der Waals surface area contributed by atoms with E-state index in [1.165, 1.54) is 6.07 Å². The van der Waals surface area contributed by atoms with Gasteiger partial charge in [0.05, 0.1) is 9.95 Å². The van der Waals surface area contributed by atoms with Crippen molar-refractivity contribution >= 4 is 34.7 Å². The first-order valence-electron chi connectivity index (χ1n) is 4.85. The Morgan fingerprint density at radius 2 is 2.19 bits per heavy atom. The van der Waals surface area contributed by atoms with Crippen LogP contribution in [0.1, 0.15) is 19.3 Å². The average molecular weight is 262 g/mol. The minimum absolute atomic E-state index is 0.0779. The molecule has 0 radical (unpaired) electrons. The van der Waals surface area contributed by atoms with Gasteiger partial charge in [-0.3, -0.25) is 10.1 Å². The zero-order chi connectivity index (χ0) is 11.7. The van der Waals surface area contributed by atoms with Gasteiger partial charge in [0, 0.05) is 12.1 Å². The van der Waals surface area contributed by atoms with Crippen molar-refractivity contribution in [3.8, 4) is 0 Å². The first kappa shape index (κ1) is 11.4. The highest BCUT2D eigenvalue weighted by Gasteiger charge is 2.24. The molecule has 16 heavy (non-hydrogen) atoms. The molecule has 2 rings (SSSR count). The van der Waals surface area contributed by atoms with Crippen molar-refractivity contribution < 1.29 is 4.92 Å². The van der Waals surface area contributed by atoms with Crippen molar-refractivity contribution in [3.05, 3.63) is 26.4 Å². The summed E-state index contributed by atoms with van der Waals surface area (Å²) in [6.45, 7) is 0. The second-order valence-electron chi connectivity index (χ2n) is 3.66. The molecule has 1 fully saturated rings. The number of halogens is 2. The van der Waals surface area contributed by atoms with Crippen molar-refractivity contribution in [2.75, 3.05) is 5.32 Å². The van der Waals surface area contributed by atoms with Crippen molar-refractivity contribution in [1.29, 1.82) is 0 Å². The monoisotopic (exact) mass is 261 g/mol. The summed E-state index contributed by atoms with van der Waals surface area (Å²) in [5, 5.41) is 14.0. The maximum absolute atomic E-state index is 10.8. The molecule has 1 aliphatic rings. The van der Waals surface area contributed by atoms with E-state index in [0.29, 0.717) is 0 Å². The van der Waals surface area contributed by atoms with E-state index < -0.39 is 4.92 Å². The number of aromatic nitrogens is 1. The standard InChI is InChI=1S/C9H9Cl2N3O2/c10-6-4-7(14(15)16)9(13-8(6)11)12-5-2-1-3-5/h4-5H,1-3H2,(H,12,13). The summed E-state index contributed by atoms with van der Waals surface area (Å²) in [4.78, 5) is 14.2. The number of rotatable bonds is 3. The van der Waals surface area contributed by atoms with Gasteiger partial charge in [0.25, 0.3) is 0 Å². The molecule has 86 valence electrons. The molecule has 0 amide bonds. The predicted molar refractivity (Wildman–Crippen MR) is 62.2 cm³/mol. The zero-order valence-corrected chi connectivity index (χ0v) is 9.75. The van der Waals surface area contributed by atoms with Crippen LogP contribution in [0.5, 0.6) is 0 Å². The molecule has 1 aromatic rings. The first-order chi connectivity index (χ1) is 7.58. The van der Waals surface area contributed by atoms with E-state index in [-0.39, 0.29) is 27.7 Å². The zero-order valence-electron chi connectivity index (χ0n) is 8.24. The van der Waals surface area contributed by atoms with Gasteiger partial charge in [0.2, 0.25) is 5.82 Å². The summed E-state index contributed by atoms with van der Waals surface area (Å²) in [6.07, 6.45) is 3.13. The number of pyridine rings is 1. The maximum atomic E-state index is 10.8. The summed E-state index contributed by atoms with van der Waals surface area (Å²) < 4.78 is 0. The fourth-order valence-corrected chi connectivity index (χ4v) is 1.73. The highest BCUT2D eigenvalue weighted by molar-refractivity contribution is 6.41. The van der Waals surface area contributed by atoms with Crippen LogP contribution in [0.15, 0.2) is 6.07 Å². The van der Waals surface area contributed by atoms with Crippen LogP contribution < -0.4 is 5.32 Å². The lowest BCUT2D eigenvalue weighted by Gasteiger charge is -2.26. The van der Waals surface area contributed by atoms with Gasteiger partial charge in [-0.05, 0) is 19.3 Å². The second kappa shape index (κ2) is 4.43. The molecule has 1 heterocycles. The fraction of sp³-hybridized carbons (Fsp3) is 0.444. The first-order valence-corrected chi connectivity index (χ1v) is 5.60. The molecule has 7 heteroatoms. The van der Waals surface area contributed by atoms with Crippen LogP contribution in [0.2, 0.25) is 10.2 Å². The summed E-state index contributed by atoms with van der Waals surface area (Å²) in [7, 11) is 0. The van der Waals surface area contributed by atoms with Crippen LogP contribution in [0.3, 0.4) is 0 Å². The van der Waals surface area contributed by atoms with Crippen molar-refractivity contribution in [2.24, 2.45) is 0 Å². The molecular weight excluding hydrogens is 253 g/mol. The number of nitrogens with one attached hydrogen (secondary N) is 1. The smallest absolute Gasteiger partial charge is 0.312 e. The molecule has 1 saturated carbocycles. The van der Waals surface area contributed by atoms with Crippen molar-refractivity contribution in [2.45, 2.75) is 25.3 Å². The molecule has 1 aliphatic carbocycles. The highest BCUT2D eigenvalue weighted by Crippen LogP contribution is 2.33. The Balaban J connectivity index is 2.32. The molecule has 0 atom stereocenters. The minimum atomic E-state index is -0.518. The Morgan fingerprint density at radius 1 is 1.50 bits per heavy atom. The molecule has 1 N–H and O–H groups in total. The van der Waals surface area contributed by atoms with E-state index >= 15 is 0 Å². The van der Waals surface area contributed by atoms with Gasteiger partial charge in [-0.25, -0.2) is 4.98 Å². The number of anilines is 1. The van der Waals surface area contributed by atoms with Crippen LogP contribution >= 0.6 is 23.2 Å². The third-order valence-electron chi connectivity index (χ3n) is 2.56. The number of nitrogens with zero attached hydrogens (tertiary/aromatic N) is 2. The van der Waals surface area contributed by atoms with Crippen LogP contribution in [-0.4, -0.2) is 15.9 Å². The Bertz CT molecular complexity index is 435. The van der Waals surface area contributed by atoms with E-state index in [4.69, 9.17) is 23.2 Å². The van der Waals surface area contributed by atoms with Gasteiger partial charge in [0.1, 0.15) is 0 Å². The quantitative estimate of drug-likeness (QED) is 0.515. The molecule has 0 saturated heterocycles. The third-order valence-corrected chi connectivity index (χ3v) is 3.23. The predicted octanol–water partition coefficient (Wildman–Crippen LogP) is 3.26. The minimum Gasteiger partial charge on any atom is -0.362 e. The Kier molecular flexibility index (Phi) is 3.16. The molecule has 1 aromatic heterocycles. The molecule has 0 aliphatic heterocycles. The highest BCUT2D eigenvalue weighted by atomic mass is 35.5. The van der Waals surface area contributed by atoms with Crippen molar-refractivity contribution in [3.63, 3.8) is 0 Å². The number of hydrogen-bond donors (Lipinski definition) is 1. The molecule has 0 spiro atoms. The largest absolute Gasteiger partial charge is 0.362 e. The van der Waals surface area contributed by atoms with Gasteiger partial charge in [0.15, 0.2) is 5.15 Å². The van der Waals surface area contributed by atoms with E-state index in [0.717, 1.165) is 19.3 Å². The van der Waals surface area contributed by atoms with Gasteiger partial charge in [-0.15, -0.1) is 0 Å².